The highest BCUT2D eigenvalue weighted by Crippen LogP contribution is 2.24. The highest BCUT2D eigenvalue weighted by molar-refractivity contribution is 9.10. The lowest BCUT2D eigenvalue weighted by Crippen LogP contribution is -2.08. The maximum absolute atomic E-state index is 12.1. The zero-order valence-electron chi connectivity index (χ0n) is 12.2. The lowest BCUT2D eigenvalue weighted by molar-refractivity contribution is 0.0724. The molecule has 3 aromatic rings. The molecule has 0 radical (unpaired) electrons. The van der Waals surface area contributed by atoms with E-state index in [1.165, 1.54) is 0 Å². The minimum atomic E-state index is -0.577. The third-order valence-corrected chi connectivity index (χ3v) is 3.59. The standard InChI is InChI=1S/C17H12BrNO4/c1-21-13-7-5-11(6-8-13)16-10-15(19-23-16)17(20)22-14-4-2-3-12(18)9-14/h2-10H,1H3. The summed E-state index contributed by atoms with van der Waals surface area (Å²) >= 11 is 3.32. The zero-order chi connectivity index (χ0) is 16.2. The van der Waals surface area contributed by atoms with E-state index in [-0.39, 0.29) is 5.69 Å². The van der Waals surface area contributed by atoms with Gasteiger partial charge in [-0.3, -0.25) is 0 Å². The normalized spacial score (nSPS) is 10.3. The first-order valence-corrected chi connectivity index (χ1v) is 7.54. The molecule has 0 aliphatic heterocycles. The average molecular weight is 374 g/mol. The van der Waals surface area contributed by atoms with Crippen LogP contribution in [0.2, 0.25) is 0 Å². The Labute approximate surface area is 140 Å². The number of benzene rings is 2. The molecule has 0 saturated heterocycles. The van der Waals surface area contributed by atoms with Crippen molar-refractivity contribution >= 4 is 21.9 Å². The predicted molar refractivity (Wildman–Crippen MR) is 87.6 cm³/mol. The molecular weight excluding hydrogens is 362 g/mol. The Morgan fingerprint density at radius 2 is 1.87 bits per heavy atom. The van der Waals surface area contributed by atoms with Gasteiger partial charge in [0.25, 0.3) is 0 Å². The summed E-state index contributed by atoms with van der Waals surface area (Å²) < 4.78 is 16.4. The molecule has 5 nitrogen and oxygen atoms in total. The van der Waals surface area contributed by atoms with Gasteiger partial charge in [0, 0.05) is 16.1 Å². The number of aromatic nitrogens is 1. The van der Waals surface area contributed by atoms with Gasteiger partial charge in [-0.1, -0.05) is 27.2 Å². The largest absolute Gasteiger partial charge is 0.497 e. The Morgan fingerprint density at radius 3 is 2.57 bits per heavy atom. The van der Waals surface area contributed by atoms with Crippen molar-refractivity contribution in [2.24, 2.45) is 0 Å². The number of methoxy groups -OCH3 is 1. The summed E-state index contributed by atoms with van der Waals surface area (Å²) in [7, 11) is 1.60. The Hall–Kier alpha value is -2.60. The molecule has 0 unspecified atom stereocenters. The molecular formula is C17H12BrNO4. The molecule has 0 bridgehead atoms. The van der Waals surface area contributed by atoms with E-state index in [1.54, 1.807) is 43.5 Å². The van der Waals surface area contributed by atoms with Crippen LogP contribution in [0.5, 0.6) is 11.5 Å². The number of rotatable bonds is 4. The van der Waals surface area contributed by atoms with Gasteiger partial charge in [0.2, 0.25) is 0 Å². The molecule has 0 saturated carbocycles. The second kappa shape index (κ2) is 6.66. The van der Waals surface area contributed by atoms with Gasteiger partial charge in [0.05, 0.1) is 7.11 Å². The van der Waals surface area contributed by atoms with E-state index in [9.17, 15) is 4.79 Å². The summed E-state index contributed by atoms with van der Waals surface area (Å²) in [5.41, 5.74) is 0.899. The van der Waals surface area contributed by atoms with Gasteiger partial charge in [0.15, 0.2) is 11.5 Å². The topological polar surface area (TPSA) is 61.6 Å². The SMILES string of the molecule is COc1ccc(-c2cc(C(=O)Oc3cccc(Br)c3)no2)cc1. The number of carbonyl (C=O) groups excluding carboxylic acids is 1. The lowest BCUT2D eigenvalue weighted by Gasteiger charge is -2.01. The van der Waals surface area contributed by atoms with Crippen molar-refractivity contribution in [1.29, 1.82) is 0 Å². The zero-order valence-corrected chi connectivity index (χ0v) is 13.7. The fourth-order valence-corrected chi connectivity index (χ4v) is 2.33. The number of nitrogens with zero attached hydrogens (tertiary/aromatic N) is 1. The first-order chi connectivity index (χ1) is 11.2. The molecule has 2 aromatic carbocycles. The van der Waals surface area contributed by atoms with Gasteiger partial charge in [-0.15, -0.1) is 0 Å². The lowest BCUT2D eigenvalue weighted by atomic mass is 10.1. The van der Waals surface area contributed by atoms with Gasteiger partial charge in [-0.2, -0.15) is 0 Å². The van der Waals surface area contributed by atoms with Gasteiger partial charge in [-0.05, 0) is 42.5 Å². The van der Waals surface area contributed by atoms with E-state index in [1.807, 2.05) is 18.2 Å². The predicted octanol–water partition coefficient (Wildman–Crippen LogP) is 4.33. The van der Waals surface area contributed by atoms with Crippen LogP contribution in [0, 0.1) is 0 Å². The first kappa shape index (κ1) is 15.3. The number of carbonyl (C=O) groups is 1. The van der Waals surface area contributed by atoms with Crippen LogP contribution in [-0.4, -0.2) is 18.2 Å². The summed E-state index contributed by atoms with van der Waals surface area (Å²) in [6.07, 6.45) is 0. The maximum Gasteiger partial charge on any atom is 0.365 e. The van der Waals surface area contributed by atoms with E-state index in [2.05, 4.69) is 21.1 Å². The molecule has 3 rings (SSSR count). The van der Waals surface area contributed by atoms with Crippen molar-refractivity contribution in [1.82, 2.24) is 5.16 Å². The molecule has 0 N–H and O–H groups in total. The Bertz CT molecular complexity index is 827. The van der Waals surface area contributed by atoms with Crippen molar-refractivity contribution in [3.63, 3.8) is 0 Å². The van der Waals surface area contributed by atoms with Gasteiger partial charge in [0.1, 0.15) is 11.5 Å². The molecule has 23 heavy (non-hydrogen) atoms. The molecule has 0 amide bonds. The highest BCUT2D eigenvalue weighted by atomic mass is 79.9. The minimum Gasteiger partial charge on any atom is -0.497 e. The molecule has 0 fully saturated rings. The molecule has 0 aliphatic carbocycles. The fraction of sp³-hybridized carbons (Fsp3) is 0.0588. The summed E-state index contributed by atoms with van der Waals surface area (Å²) in [6.45, 7) is 0. The van der Waals surface area contributed by atoms with Crippen molar-refractivity contribution in [2.75, 3.05) is 7.11 Å². The van der Waals surface area contributed by atoms with Crippen LogP contribution >= 0.6 is 15.9 Å². The van der Waals surface area contributed by atoms with E-state index in [0.717, 1.165) is 15.8 Å². The second-order valence-electron chi connectivity index (χ2n) is 4.65. The van der Waals surface area contributed by atoms with Crippen LogP contribution in [0.15, 0.2) is 63.6 Å². The van der Waals surface area contributed by atoms with Crippen molar-refractivity contribution < 1.29 is 18.8 Å². The highest BCUT2D eigenvalue weighted by Gasteiger charge is 2.16. The fourth-order valence-electron chi connectivity index (χ4n) is 1.95. The molecule has 1 heterocycles. The Kier molecular flexibility index (Phi) is 4.43. The molecule has 0 atom stereocenters. The van der Waals surface area contributed by atoms with Crippen LogP contribution in [0.4, 0.5) is 0 Å². The van der Waals surface area contributed by atoms with Crippen LogP contribution in [0.25, 0.3) is 11.3 Å². The second-order valence-corrected chi connectivity index (χ2v) is 5.57. The van der Waals surface area contributed by atoms with E-state index < -0.39 is 5.97 Å². The first-order valence-electron chi connectivity index (χ1n) is 6.74. The van der Waals surface area contributed by atoms with Crippen molar-refractivity contribution in [3.8, 4) is 22.8 Å². The molecule has 0 spiro atoms. The number of hydrogen-bond acceptors (Lipinski definition) is 5. The van der Waals surface area contributed by atoms with Gasteiger partial charge in [-0.25, -0.2) is 4.79 Å². The van der Waals surface area contributed by atoms with Crippen LogP contribution < -0.4 is 9.47 Å². The molecule has 6 heteroatoms. The third kappa shape index (κ3) is 3.60. The number of esters is 1. The van der Waals surface area contributed by atoms with E-state index in [4.69, 9.17) is 14.0 Å². The van der Waals surface area contributed by atoms with Crippen LogP contribution in [-0.2, 0) is 0 Å². The Balaban J connectivity index is 1.76. The smallest absolute Gasteiger partial charge is 0.365 e. The average Bonchev–Trinajstić information content (AvgIpc) is 3.05. The maximum atomic E-state index is 12.1. The van der Waals surface area contributed by atoms with E-state index >= 15 is 0 Å². The molecule has 0 aliphatic rings. The van der Waals surface area contributed by atoms with Gasteiger partial charge < -0.3 is 14.0 Å². The van der Waals surface area contributed by atoms with E-state index in [0.29, 0.717) is 11.5 Å². The third-order valence-electron chi connectivity index (χ3n) is 3.10. The number of halogens is 1. The summed E-state index contributed by atoms with van der Waals surface area (Å²) in [4.78, 5) is 12.1. The molecule has 116 valence electrons. The number of hydrogen-bond donors (Lipinski definition) is 0. The van der Waals surface area contributed by atoms with Crippen LogP contribution in [0.3, 0.4) is 0 Å². The monoisotopic (exact) mass is 373 g/mol. The minimum absolute atomic E-state index is 0.107. The quantitative estimate of drug-likeness (QED) is 0.503. The van der Waals surface area contributed by atoms with Crippen molar-refractivity contribution in [2.45, 2.75) is 0 Å². The van der Waals surface area contributed by atoms with Crippen LogP contribution in [0.1, 0.15) is 10.5 Å². The molecule has 1 aromatic heterocycles. The van der Waals surface area contributed by atoms with Crippen molar-refractivity contribution in [3.05, 3.63) is 64.8 Å². The Morgan fingerprint density at radius 1 is 1.09 bits per heavy atom. The summed E-state index contributed by atoms with van der Waals surface area (Å²) in [5.74, 6) is 1.07. The van der Waals surface area contributed by atoms with Gasteiger partial charge >= 0.3 is 5.97 Å². The summed E-state index contributed by atoms with van der Waals surface area (Å²) in [5, 5.41) is 3.76. The summed E-state index contributed by atoms with van der Waals surface area (Å²) in [6, 6.07) is 15.8. The number of ether oxygens (including phenoxy) is 2.